The van der Waals surface area contributed by atoms with E-state index in [9.17, 15) is 9.59 Å². The molecule has 1 aliphatic carbocycles. The maximum atomic E-state index is 12.7. The molecular weight excluding hydrogens is 450 g/mol. The molecule has 2 heterocycles. The van der Waals surface area contributed by atoms with Crippen LogP contribution in [0.3, 0.4) is 0 Å². The van der Waals surface area contributed by atoms with Crippen LogP contribution in [-0.2, 0) is 22.4 Å². The third kappa shape index (κ3) is 4.54. The number of rotatable bonds is 6. The molecule has 2 aromatic heterocycles. The molecule has 1 atom stereocenters. The first-order valence-electron chi connectivity index (χ1n) is 10.5. The third-order valence-corrected chi connectivity index (χ3v) is 6.80. The summed E-state index contributed by atoms with van der Waals surface area (Å²) in [6.45, 7) is 4.26. The van der Waals surface area contributed by atoms with Crippen molar-refractivity contribution in [2.24, 2.45) is 5.92 Å². The zero-order valence-electron chi connectivity index (χ0n) is 18.1. The van der Waals surface area contributed by atoms with E-state index in [1.807, 2.05) is 0 Å². The number of hydrogen-bond acceptors (Lipinski definition) is 6. The number of carbonyl (C=O) groups excluding carboxylic acids is 2. The molecule has 0 saturated carbocycles. The van der Waals surface area contributed by atoms with E-state index in [0.717, 1.165) is 35.1 Å². The second kappa shape index (κ2) is 9.38. The lowest BCUT2D eigenvalue weighted by molar-refractivity contribution is -0.111. The minimum atomic E-state index is -0.389. The van der Waals surface area contributed by atoms with Gasteiger partial charge in [-0.2, -0.15) is 0 Å². The van der Waals surface area contributed by atoms with Gasteiger partial charge in [0, 0.05) is 27.4 Å². The van der Waals surface area contributed by atoms with E-state index in [4.69, 9.17) is 25.5 Å². The van der Waals surface area contributed by atoms with Gasteiger partial charge >= 0.3 is 5.97 Å². The van der Waals surface area contributed by atoms with E-state index in [2.05, 4.69) is 12.2 Å². The van der Waals surface area contributed by atoms with E-state index in [0.29, 0.717) is 38.6 Å². The molecule has 1 unspecified atom stereocenters. The van der Waals surface area contributed by atoms with Crippen molar-refractivity contribution in [2.45, 2.75) is 33.1 Å². The van der Waals surface area contributed by atoms with Gasteiger partial charge in [0.2, 0.25) is 5.91 Å². The van der Waals surface area contributed by atoms with Gasteiger partial charge in [0.05, 0.1) is 19.3 Å². The summed E-state index contributed by atoms with van der Waals surface area (Å²) >= 11 is 7.56. The highest BCUT2D eigenvalue weighted by Crippen LogP contribution is 2.40. The summed E-state index contributed by atoms with van der Waals surface area (Å²) in [6, 6.07) is 5.22. The standard InChI is InChI=1S/C24H24ClNO5S/c1-4-30-24(28)21-17-7-5-13(2)9-19(17)32-23(21)26-20(27)8-6-16-11-14-10-15(25)12-18(29-3)22(14)31-16/h6,8,10-13H,4-5,7,9H2,1-3H3,(H,26,27)/b8-6+. The molecule has 0 saturated heterocycles. The van der Waals surface area contributed by atoms with Gasteiger partial charge in [-0.1, -0.05) is 18.5 Å². The van der Waals surface area contributed by atoms with Crippen LogP contribution in [0.5, 0.6) is 5.75 Å². The lowest BCUT2D eigenvalue weighted by Crippen LogP contribution is -2.15. The van der Waals surface area contributed by atoms with Crippen LogP contribution in [0.15, 0.2) is 28.7 Å². The number of esters is 1. The van der Waals surface area contributed by atoms with Crippen LogP contribution in [-0.4, -0.2) is 25.6 Å². The van der Waals surface area contributed by atoms with Crippen molar-refractivity contribution >= 4 is 56.9 Å². The number of fused-ring (bicyclic) bond motifs is 2. The minimum absolute atomic E-state index is 0.284. The van der Waals surface area contributed by atoms with Crippen molar-refractivity contribution < 1.29 is 23.5 Å². The highest BCUT2D eigenvalue weighted by Gasteiger charge is 2.28. The van der Waals surface area contributed by atoms with Crippen molar-refractivity contribution in [3.8, 4) is 5.75 Å². The molecular formula is C24H24ClNO5S. The minimum Gasteiger partial charge on any atom is -0.493 e. The quantitative estimate of drug-likeness (QED) is 0.345. The Hall–Kier alpha value is -2.77. The SMILES string of the molecule is CCOC(=O)c1c(NC(=O)/C=C/c2cc3cc(Cl)cc(OC)c3o2)sc2c1CCC(C)C2. The Morgan fingerprint density at radius 2 is 2.16 bits per heavy atom. The Labute approximate surface area is 195 Å². The fourth-order valence-electron chi connectivity index (χ4n) is 3.91. The molecule has 8 heteroatoms. The number of furan rings is 1. The smallest absolute Gasteiger partial charge is 0.341 e. The van der Waals surface area contributed by atoms with E-state index < -0.39 is 0 Å². The number of ether oxygens (including phenoxy) is 2. The van der Waals surface area contributed by atoms with Crippen molar-refractivity contribution in [1.29, 1.82) is 0 Å². The van der Waals surface area contributed by atoms with E-state index in [-0.39, 0.29) is 18.5 Å². The number of carbonyl (C=O) groups is 2. The summed E-state index contributed by atoms with van der Waals surface area (Å²) in [5, 5.41) is 4.71. The normalized spacial score (nSPS) is 15.7. The van der Waals surface area contributed by atoms with Gasteiger partial charge in [-0.25, -0.2) is 4.79 Å². The van der Waals surface area contributed by atoms with Crippen molar-refractivity contribution in [2.75, 3.05) is 19.0 Å². The molecule has 0 aliphatic heterocycles. The van der Waals surface area contributed by atoms with E-state index >= 15 is 0 Å². The lowest BCUT2D eigenvalue weighted by atomic mass is 9.88. The maximum Gasteiger partial charge on any atom is 0.341 e. The van der Waals surface area contributed by atoms with Crippen LogP contribution in [0.1, 0.15) is 46.8 Å². The Balaban J connectivity index is 1.57. The van der Waals surface area contributed by atoms with Gasteiger partial charge in [0.25, 0.3) is 0 Å². The molecule has 32 heavy (non-hydrogen) atoms. The number of amides is 1. The Kier molecular flexibility index (Phi) is 6.58. The number of methoxy groups -OCH3 is 1. The first kappa shape index (κ1) is 22.4. The topological polar surface area (TPSA) is 77.8 Å². The van der Waals surface area contributed by atoms with Crippen LogP contribution in [0.4, 0.5) is 5.00 Å². The molecule has 1 amide bonds. The molecule has 1 aliphatic rings. The van der Waals surface area contributed by atoms with Gasteiger partial charge in [-0.3, -0.25) is 4.79 Å². The molecule has 6 nitrogen and oxygen atoms in total. The average molecular weight is 474 g/mol. The maximum absolute atomic E-state index is 12.7. The molecule has 1 N–H and O–H groups in total. The zero-order valence-corrected chi connectivity index (χ0v) is 19.7. The van der Waals surface area contributed by atoms with Crippen LogP contribution in [0.2, 0.25) is 5.02 Å². The lowest BCUT2D eigenvalue weighted by Gasteiger charge is -2.18. The van der Waals surface area contributed by atoms with Gasteiger partial charge < -0.3 is 19.2 Å². The summed E-state index contributed by atoms with van der Waals surface area (Å²) < 4.78 is 16.4. The number of anilines is 1. The Morgan fingerprint density at radius 3 is 2.91 bits per heavy atom. The average Bonchev–Trinajstić information content (AvgIpc) is 3.31. The van der Waals surface area contributed by atoms with Crippen LogP contribution in [0.25, 0.3) is 17.0 Å². The fourth-order valence-corrected chi connectivity index (χ4v) is 5.53. The van der Waals surface area contributed by atoms with Gasteiger partial charge in [0.15, 0.2) is 11.3 Å². The molecule has 3 aromatic rings. The van der Waals surface area contributed by atoms with Crippen molar-refractivity contribution in [3.05, 3.63) is 51.1 Å². The van der Waals surface area contributed by atoms with Crippen LogP contribution >= 0.6 is 22.9 Å². The van der Waals surface area contributed by atoms with E-state index in [1.165, 1.54) is 17.4 Å². The van der Waals surface area contributed by atoms with Gasteiger partial charge in [-0.05, 0) is 55.9 Å². The predicted octanol–water partition coefficient (Wildman–Crippen LogP) is 6.11. The largest absolute Gasteiger partial charge is 0.493 e. The molecule has 1 aromatic carbocycles. The second-order valence-electron chi connectivity index (χ2n) is 7.77. The number of halogens is 1. The van der Waals surface area contributed by atoms with Gasteiger partial charge in [0.1, 0.15) is 10.8 Å². The van der Waals surface area contributed by atoms with Crippen LogP contribution in [0, 0.1) is 5.92 Å². The summed E-state index contributed by atoms with van der Waals surface area (Å²) in [6.07, 6.45) is 5.69. The number of thiophene rings is 1. The first-order valence-corrected chi connectivity index (χ1v) is 11.7. The molecule has 0 spiro atoms. The number of hydrogen-bond donors (Lipinski definition) is 1. The second-order valence-corrected chi connectivity index (χ2v) is 9.32. The molecule has 168 valence electrons. The summed E-state index contributed by atoms with van der Waals surface area (Å²) in [5.74, 6) is 0.820. The number of nitrogens with one attached hydrogen (secondary N) is 1. The summed E-state index contributed by atoms with van der Waals surface area (Å²) in [5.41, 5.74) is 2.05. The van der Waals surface area contributed by atoms with Crippen molar-refractivity contribution in [1.82, 2.24) is 0 Å². The van der Waals surface area contributed by atoms with Crippen LogP contribution < -0.4 is 10.1 Å². The fraction of sp³-hybridized carbons (Fsp3) is 0.333. The highest BCUT2D eigenvalue weighted by molar-refractivity contribution is 7.17. The molecule has 0 radical (unpaired) electrons. The Morgan fingerprint density at radius 1 is 1.34 bits per heavy atom. The third-order valence-electron chi connectivity index (χ3n) is 5.41. The van der Waals surface area contributed by atoms with E-state index in [1.54, 1.807) is 38.3 Å². The predicted molar refractivity (Wildman–Crippen MR) is 127 cm³/mol. The number of benzene rings is 1. The first-order chi connectivity index (χ1) is 15.4. The summed E-state index contributed by atoms with van der Waals surface area (Å²) in [7, 11) is 1.54. The molecule has 0 fully saturated rings. The van der Waals surface area contributed by atoms with Gasteiger partial charge in [-0.15, -0.1) is 11.3 Å². The summed E-state index contributed by atoms with van der Waals surface area (Å²) in [4.78, 5) is 26.4. The molecule has 4 rings (SSSR count). The molecule has 0 bridgehead atoms. The Bertz CT molecular complexity index is 1210. The monoisotopic (exact) mass is 473 g/mol. The highest BCUT2D eigenvalue weighted by atomic mass is 35.5. The van der Waals surface area contributed by atoms with Crippen molar-refractivity contribution in [3.63, 3.8) is 0 Å². The zero-order chi connectivity index (χ0) is 22.8.